The summed E-state index contributed by atoms with van der Waals surface area (Å²) in [4.78, 5) is 44.3. The highest BCUT2D eigenvalue weighted by molar-refractivity contribution is 6.46. The minimum atomic E-state index is -0.977. The third-order valence-corrected chi connectivity index (χ3v) is 6.39. The number of hydrogen-bond donors (Lipinski definition) is 2. The number of aromatic nitrogens is 1. The van der Waals surface area contributed by atoms with Gasteiger partial charge in [-0.2, -0.15) is 0 Å². The fourth-order valence-electron chi connectivity index (χ4n) is 4.61. The average molecular weight is 500 g/mol. The maximum Gasteiger partial charge on any atom is 0.354 e. The number of aromatic amines is 1. The molecule has 2 aromatic rings. The lowest BCUT2D eigenvalue weighted by molar-refractivity contribution is -0.858. The van der Waals surface area contributed by atoms with Crippen LogP contribution in [0.1, 0.15) is 45.3 Å². The predicted octanol–water partition coefficient (Wildman–Crippen LogP) is 0.194. The van der Waals surface area contributed by atoms with Crippen molar-refractivity contribution in [2.45, 2.75) is 26.3 Å². The van der Waals surface area contributed by atoms with Gasteiger partial charge in [-0.15, -0.1) is 0 Å². The van der Waals surface area contributed by atoms with Crippen molar-refractivity contribution in [3.63, 3.8) is 0 Å². The average Bonchev–Trinajstić information content (AvgIpc) is 3.29. The second kappa shape index (κ2) is 10.9. The van der Waals surface area contributed by atoms with Crippen LogP contribution in [0, 0.1) is 13.8 Å². The minimum Gasteiger partial charge on any atom is -0.872 e. The first-order valence-electron chi connectivity index (χ1n) is 11.6. The summed E-state index contributed by atoms with van der Waals surface area (Å²) in [5.74, 6) is -1.97. The van der Waals surface area contributed by atoms with Crippen LogP contribution in [0.3, 0.4) is 0 Å². The van der Waals surface area contributed by atoms with E-state index in [4.69, 9.17) is 14.2 Å². The third-order valence-electron chi connectivity index (χ3n) is 6.39. The molecule has 10 heteroatoms. The Bertz CT molecular complexity index is 1210. The monoisotopic (exact) mass is 499 g/mol. The molecule has 1 unspecified atom stereocenters. The molecule has 2 heterocycles. The van der Waals surface area contributed by atoms with Crippen LogP contribution >= 0.6 is 0 Å². The smallest absolute Gasteiger partial charge is 0.354 e. The van der Waals surface area contributed by atoms with Gasteiger partial charge in [-0.3, -0.25) is 9.59 Å². The first-order valence-corrected chi connectivity index (χ1v) is 11.6. The Kier molecular flexibility index (Phi) is 8.09. The lowest BCUT2D eigenvalue weighted by atomic mass is 9.93. The predicted molar refractivity (Wildman–Crippen MR) is 130 cm³/mol. The highest BCUT2D eigenvalue weighted by atomic mass is 16.5. The second-order valence-corrected chi connectivity index (χ2v) is 9.01. The number of likely N-dealkylation sites (tertiary alicyclic amines) is 1. The van der Waals surface area contributed by atoms with Crippen LogP contribution in [0.2, 0.25) is 0 Å². The number of carbonyl (C=O) groups is 3. The Morgan fingerprint density at radius 3 is 2.42 bits per heavy atom. The Hall–Kier alpha value is -3.79. The van der Waals surface area contributed by atoms with Crippen LogP contribution < -0.4 is 19.5 Å². The van der Waals surface area contributed by atoms with Crippen LogP contribution in [-0.2, 0) is 14.3 Å². The molecule has 1 atom stereocenters. The quantitative estimate of drug-likeness (QED) is 0.218. The summed E-state index contributed by atoms with van der Waals surface area (Å²) in [5.41, 5.74) is 1.32. The van der Waals surface area contributed by atoms with Gasteiger partial charge in [-0.05, 0) is 43.2 Å². The zero-order valence-corrected chi connectivity index (χ0v) is 21.7. The maximum absolute atomic E-state index is 13.9. The van der Waals surface area contributed by atoms with Gasteiger partial charge in [0.15, 0.2) is 0 Å². The van der Waals surface area contributed by atoms with E-state index in [2.05, 4.69) is 4.98 Å². The molecule has 0 aliphatic carbocycles. The van der Waals surface area contributed by atoms with Gasteiger partial charge in [0.05, 0.1) is 48.0 Å². The van der Waals surface area contributed by atoms with Crippen molar-refractivity contribution in [2.24, 2.45) is 0 Å². The number of esters is 1. The summed E-state index contributed by atoms with van der Waals surface area (Å²) in [6.45, 7) is 4.27. The Balaban J connectivity index is 2.27. The summed E-state index contributed by atoms with van der Waals surface area (Å²) >= 11 is 0. The first kappa shape index (κ1) is 26.8. The molecule has 36 heavy (non-hydrogen) atoms. The van der Waals surface area contributed by atoms with Crippen LogP contribution in [0.25, 0.3) is 5.76 Å². The Labute approximate surface area is 210 Å². The Morgan fingerprint density at radius 1 is 1.14 bits per heavy atom. The van der Waals surface area contributed by atoms with E-state index < -0.39 is 29.5 Å². The number of benzene rings is 1. The summed E-state index contributed by atoms with van der Waals surface area (Å²) in [6, 6.07) is 4.07. The minimum absolute atomic E-state index is 0.122. The molecule has 10 nitrogen and oxygen atoms in total. The normalized spacial score (nSPS) is 17.1. The maximum atomic E-state index is 13.9. The van der Waals surface area contributed by atoms with E-state index in [-0.39, 0.29) is 23.4 Å². The van der Waals surface area contributed by atoms with Crippen molar-refractivity contribution in [3.05, 3.63) is 51.9 Å². The van der Waals surface area contributed by atoms with Gasteiger partial charge in [0.1, 0.15) is 17.2 Å². The topological polar surface area (TPSA) is 125 Å². The number of H-pyrrole nitrogens is 1. The van der Waals surface area contributed by atoms with Gasteiger partial charge in [-0.1, -0.05) is 5.76 Å². The van der Waals surface area contributed by atoms with Crippen LogP contribution in [-0.4, -0.2) is 76.1 Å². The molecular formula is C26H33N3O7. The molecule has 194 valence electrons. The Morgan fingerprint density at radius 2 is 1.83 bits per heavy atom. The molecule has 1 aromatic carbocycles. The van der Waals surface area contributed by atoms with E-state index in [1.54, 1.807) is 32.0 Å². The number of carbonyl (C=O) groups excluding carboxylic acids is 3. The summed E-state index contributed by atoms with van der Waals surface area (Å²) < 4.78 is 15.7. The number of methoxy groups -OCH3 is 3. The van der Waals surface area contributed by atoms with Gasteiger partial charge >= 0.3 is 5.97 Å². The summed E-state index contributed by atoms with van der Waals surface area (Å²) in [6.07, 6.45) is 0.625. The van der Waals surface area contributed by atoms with Crippen LogP contribution in [0.15, 0.2) is 23.8 Å². The summed E-state index contributed by atoms with van der Waals surface area (Å²) in [5, 5.41) is 13.9. The van der Waals surface area contributed by atoms with E-state index in [9.17, 15) is 19.5 Å². The lowest BCUT2D eigenvalue weighted by Gasteiger charge is -2.29. The van der Waals surface area contributed by atoms with Gasteiger partial charge in [0.25, 0.3) is 5.91 Å². The molecule has 1 saturated heterocycles. The number of nitrogens with zero attached hydrogens (tertiary/aromatic N) is 1. The fourth-order valence-corrected chi connectivity index (χ4v) is 4.61. The summed E-state index contributed by atoms with van der Waals surface area (Å²) in [7, 11) is 8.22. The molecular weight excluding hydrogens is 466 g/mol. The highest BCUT2D eigenvalue weighted by Crippen LogP contribution is 2.44. The number of Topliss-reactive ketones (excluding diaryl/α,β-unsaturated/α-hetero) is 1. The van der Waals surface area contributed by atoms with E-state index in [0.717, 1.165) is 6.54 Å². The van der Waals surface area contributed by atoms with Crippen LogP contribution in [0.4, 0.5) is 0 Å². The zero-order valence-electron chi connectivity index (χ0n) is 21.7. The van der Waals surface area contributed by atoms with Crippen molar-refractivity contribution in [1.82, 2.24) is 9.88 Å². The van der Waals surface area contributed by atoms with Gasteiger partial charge in [0.2, 0.25) is 5.78 Å². The van der Waals surface area contributed by atoms with Crippen molar-refractivity contribution in [2.75, 3.05) is 48.5 Å². The van der Waals surface area contributed by atoms with Crippen molar-refractivity contribution in [3.8, 4) is 11.5 Å². The number of rotatable bonds is 9. The molecule has 0 saturated carbocycles. The fraction of sp³-hybridized carbons (Fsp3) is 0.423. The molecule has 0 radical (unpaired) electrons. The molecule has 2 N–H and O–H groups in total. The number of ketones is 1. The van der Waals surface area contributed by atoms with Gasteiger partial charge in [-0.25, -0.2) is 4.79 Å². The molecule has 0 bridgehead atoms. The molecule has 1 amide bonds. The van der Waals surface area contributed by atoms with E-state index in [1.165, 1.54) is 31.1 Å². The van der Waals surface area contributed by atoms with Gasteiger partial charge < -0.3 is 34.1 Å². The standard InChI is InChI=1S/C26H33N3O7/c1-14-19(15(2)27-21(14)26(33)36-7)23(30)20-22(17-13-16(34-5)9-10-18(17)35-6)29(25(32)24(20)31)12-8-11-28(3)4/h9-10,13,22,27,30H,8,11-12H2,1-7H3/b23-20+. The number of ether oxygens (including phenoxy) is 3. The largest absolute Gasteiger partial charge is 0.872 e. The highest BCUT2D eigenvalue weighted by Gasteiger charge is 2.45. The van der Waals surface area contributed by atoms with Crippen molar-refractivity contribution < 1.29 is 38.6 Å². The molecule has 3 rings (SSSR count). The number of aryl methyl sites for hydroxylation is 1. The van der Waals surface area contributed by atoms with Gasteiger partial charge in [0, 0.05) is 29.8 Å². The number of quaternary nitrogens is 1. The lowest BCUT2D eigenvalue weighted by Crippen LogP contribution is -3.05. The van der Waals surface area contributed by atoms with Crippen molar-refractivity contribution in [1.29, 1.82) is 0 Å². The third kappa shape index (κ3) is 4.81. The first-order chi connectivity index (χ1) is 17.1. The SMILES string of the molecule is COC(=O)c1[nH]c(C)c(/C([O-])=C2\C(=O)C(=O)N(CCC[NH+](C)C)C2c2cc(OC)ccc2OC)c1C. The molecule has 1 aliphatic heterocycles. The zero-order chi connectivity index (χ0) is 26.7. The number of nitrogens with one attached hydrogen (secondary N) is 2. The van der Waals surface area contributed by atoms with E-state index in [1.807, 2.05) is 14.1 Å². The molecule has 1 aliphatic rings. The van der Waals surface area contributed by atoms with E-state index in [0.29, 0.717) is 34.7 Å². The number of amides is 1. The molecule has 1 fully saturated rings. The second-order valence-electron chi connectivity index (χ2n) is 9.01. The van der Waals surface area contributed by atoms with Crippen LogP contribution in [0.5, 0.6) is 11.5 Å². The van der Waals surface area contributed by atoms with Crippen molar-refractivity contribution >= 4 is 23.4 Å². The molecule has 0 spiro atoms. The van der Waals surface area contributed by atoms with E-state index >= 15 is 0 Å². The number of hydrogen-bond acceptors (Lipinski definition) is 7. The molecule has 1 aromatic heterocycles.